The Morgan fingerprint density at radius 3 is 2.08 bits per heavy atom. The quantitative estimate of drug-likeness (QED) is 0.626. The van der Waals surface area contributed by atoms with Gasteiger partial charge < -0.3 is 9.80 Å². The maximum absolute atomic E-state index is 2.68. The van der Waals surface area contributed by atoms with E-state index in [1.807, 2.05) is 0 Å². The summed E-state index contributed by atoms with van der Waals surface area (Å²) < 4.78 is 0. The van der Waals surface area contributed by atoms with Crippen LogP contribution in [0.25, 0.3) is 0 Å². The number of fused-ring (bicyclic) bond motifs is 1. The highest BCUT2D eigenvalue weighted by atomic mass is 15.3. The molecule has 2 heteroatoms. The maximum Gasteiger partial charge on any atom is 0.0110 e. The molecular weight excluding hydrogens is 160 g/mol. The van der Waals surface area contributed by atoms with Gasteiger partial charge >= 0.3 is 0 Å². The second-order valence-corrected chi connectivity index (χ2v) is 5.77. The second-order valence-electron chi connectivity index (χ2n) is 5.77. The molecule has 1 heterocycles. The van der Waals surface area contributed by atoms with Crippen LogP contribution in [-0.4, -0.2) is 49.6 Å². The summed E-state index contributed by atoms with van der Waals surface area (Å²) >= 11 is 0. The summed E-state index contributed by atoms with van der Waals surface area (Å²) in [4.78, 5) is 5.12. The van der Waals surface area contributed by atoms with Gasteiger partial charge in [-0.25, -0.2) is 0 Å². The first kappa shape index (κ1) is 8.25. The van der Waals surface area contributed by atoms with Crippen LogP contribution in [0.3, 0.4) is 0 Å². The molecule has 0 radical (unpaired) electrons. The third-order valence-corrected chi connectivity index (χ3v) is 4.61. The van der Waals surface area contributed by atoms with E-state index in [1.165, 1.54) is 45.6 Å². The minimum Gasteiger partial charge on any atom is -0.304 e. The van der Waals surface area contributed by atoms with Gasteiger partial charge in [-0.05, 0) is 30.7 Å². The standard InChI is InChI=1S/C11H20N2/c1-10-7-11(10,8-10)9-13-5-3-12(2)4-6-13/h3-9H2,1-2H3. The van der Waals surface area contributed by atoms with Crippen molar-refractivity contribution in [3.63, 3.8) is 0 Å². The van der Waals surface area contributed by atoms with E-state index in [0.29, 0.717) is 0 Å². The Hall–Kier alpha value is -0.0800. The molecule has 0 aromatic carbocycles. The Kier molecular flexibility index (Phi) is 1.45. The molecule has 0 amide bonds. The van der Waals surface area contributed by atoms with Gasteiger partial charge in [0.1, 0.15) is 0 Å². The van der Waals surface area contributed by atoms with E-state index in [0.717, 1.165) is 10.8 Å². The van der Waals surface area contributed by atoms with Gasteiger partial charge in [0.15, 0.2) is 0 Å². The summed E-state index contributed by atoms with van der Waals surface area (Å²) in [6.45, 7) is 9.00. The summed E-state index contributed by atoms with van der Waals surface area (Å²) in [6, 6.07) is 0. The van der Waals surface area contributed by atoms with Crippen molar-refractivity contribution in [2.24, 2.45) is 10.8 Å². The van der Waals surface area contributed by atoms with Crippen molar-refractivity contribution in [3.05, 3.63) is 0 Å². The first-order valence-corrected chi connectivity index (χ1v) is 5.55. The molecule has 13 heavy (non-hydrogen) atoms. The predicted octanol–water partition coefficient (Wildman–Crippen LogP) is 1.03. The van der Waals surface area contributed by atoms with Crippen LogP contribution >= 0.6 is 0 Å². The lowest BCUT2D eigenvalue weighted by atomic mass is 10.2. The molecule has 2 aliphatic carbocycles. The van der Waals surface area contributed by atoms with Gasteiger partial charge in [-0.2, -0.15) is 0 Å². The van der Waals surface area contributed by atoms with Crippen molar-refractivity contribution in [3.8, 4) is 0 Å². The monoisotopic (exact) mass is 180 g/mol. The Morgan fingerprint density at radius 2 is 1.62 bits per heavy atom. The number of hydrogen-bond donors (Lipinski definition) is 0. The lowest BCUT2D eigenvalue weighted by Crippen LogP contribution is -2.45. The molecule has 1 saturated heterocycles. The minimum absolute atomic E-state index is 0.802. The molecular formula is C11H20N2. The Bertz CT molecular complexity index is 222. The summed E-state index contributed by atoms with van der Waals surface area (Å²) in [5.41, 5.74) is 1.61. The summed E-state index contributed by atoms with van der Waals surface area (Å²) in [7, 11) is 2.23. The molecule has 74 valence electrons. The average Bonchev–Trinajstić information content (AvgIpc) is 2.79. The van der Waals surface area contributed by atoms with E-state index in [4.69, 9.17) is 0 Å². The maximum atomic E-state index is 2.68. The van der Waals surface area contributed by atoms with Crippen LogP contribution < -0.4 is 0 Å². The lowest BCUT2D eigenvalue weighted by molar-refractivity contribution is 0.141. The molecule has 2 nitrogen and oxygen atoms in total. The second kappa shape index (κ2) is 2.29. The Balaban J connectivity index is 1.52. The van der Waals surface area contributed by atoms with Crippen LogP contribution in [0.15, 0.2) is 0 Å². The number of piperazine rings is 1. The van der Waals surface area contributed by atoms with E-state index in [2.05, 4.69) is 23.8 Å². The smallest absolute Gasteiger partial charge is 0.0110 e. The van der Waals surface area contributed by atoms with Crippen molar-refractivity contribution in [1.82, 2.24) is 9.80 Å². The van der Waals surface area contributed by atoms with Crippen molar-refractivity contribution < 1.29 is 0 Å². The van der Waals surface area contributed by atoms with Gasteiger partial charge in [0.25, 0.3) is 0 Å². The third kappa shape index (κ3) is 1.15. The highest BCUT2D eigenvalue weighted by Crippen LogP contribution is 2.85. The van der Waals surface area contributed by atoms with Crippen molar-refractivity contribution in [2.45, 2.75) is 19.8 Å². The van der Waals surface area contributed by atoms with Gasteiger partial charge in [-0.15, -0.1) is 0 Å². The van der Waals surface area contributed by atoms with Gasteiger partial charge in [0.05, 0.1) is 0 Å². The summed E-state index contributed by atoms with van der Waals surface area (Å²) in [5, 5.41) is 0. The molecule has 2 saturated carbocycles. The fourth-order valence-electron chi connectivity index (χ4n) is 3.09. The first-order chi connectivity index (χ1) is 6.14. The van der Waals surface area contributed by atoms with Gasteiger partial charge in [0, 0.05) is 32.7 Å². The highest BCUT2D eigenvalue weighted by Gasteiger charge is 2.79. The van der Waals surface area contributed by atoms with Gasteiger partial charge in [-0.3, -0.25) is 0 Å². The fourth-order valence-corrected chi connectivity index (χ4v) is 3.09. The van der Waals surface area contributed by atoms with Crippen LogP contribution in [0.1, 0.15) is 19.8 Å². The molecule has 0 unspecified atom stereocenters. The van der Waals surface area contributed by atoms with Crippen LogP contribution in [0.2, 0.25) is 0 Å². The number of hydrogen-bond acceptors (Lipinski definition) is 2. The summed E-state index contributed by atoms with van der Waals surface area (Å²) in [5.74, 6) is 0. The summed E-state index contributed by atoms with van der Waals surface area (Å²) in [6.07, 6.45) is 3.04. The van der Waals surface area contributed by atoms with E-state index in [9.17, 15) is 0 Å². The van der Waals surface area contributed by atoms with Crippen molar-refractivity contribution >= 4 is 0 Å². The molecule has 3 fully saturated rings. The normalized spacial score (nSPS) is 50.3. The van der Waals surface area contributed by atoms with E-state index in [-0.39, 0.29) is 0 Å². The Labute approximate surface area is 80.9 Å². The largest absolute Gasteiger partial charge is 0.304 e. The molecule has 0 bridgehead atoms. The minimum atomic E-state index is 0.802. The molecule has 0 aromatic heterocycles. The number of nitrogens with zero attached hydrogens (tertiary/aromatic N) is 2. The molecule has 0 N–H and O–H groups in total. The number of likely N-dealkylation sites (N-methyl/N-ethyl adjacent to an activating group) is 1. The first-order valence-electron chi connectivity index (χ1n) is 5.55. The highest BCUT2D eigenvalue weighted by molar-refractivity contribution is 5.29. The Morgan fingerprint density at radius 1 is 1.08 bits per heavy atom. The van der Waals surface area contributed by atoms with Gasteiger partial charge in [0.2, 0.25) is 0 Å². The zero-order valence-electron chi connectivity index (χ0n) is 8.84. The fraction of sp³-hybridized carbons (Fsp3) is 1.00. The van der Waals surface area contributed by atoms with Crippen molar-refractivity contribution in [2.75, 3.05) is 39.8 Å². The zero-order chi connectivity index (χ0) is 9.10. The van der Waals surface area contributed by atoms with Crippen LogP contribution in [-0.2, 0) is 0 Å². The molecule has 1 aliphatic heterocycles. The number of rotatable bonds is 2. The van der Waals surface area contributed by atoms with E-state index >= 15 is 0 Å². The molecule has 0 atom stereocenters. The zero-order valence-corrected chi connectivity index (χ0v) is 8.84. The molecule has 0 spiro atoms. The predicted molar refractivity (Wildman–Crippen MR) is 53.7 cm³/mol. The van der Waals surface area contributed by atoms with E-state index < -0.39 is 0 Å². The van der Waals surface area contributed by atoms with Crippen molar-refractivity contribution in [1.29, 1.82) is 0 Å². The van der Waals surface area contributed by atoms with Crippen LogP contribution in [0.4, 0.5) is 0 Å². The lowest BCUT2D eigenvalue weighted by Gasteiger charge is -2.33. The average molecular weight is 180 g/mol. The SMILES string of the molecule is CN1CCN(CC23CC2(C)C3)CC1. The van der Waals surface area contributed by atoms with Gasteiger partial charge in [-0.1, -0.05) is 6.92 Å². The van der Waals surface area contributed by atoms with E-state index in [1.54, 1.807) is 0 Å². The van der Waals surface area contributed by atoms with Crippen LogP contribution in [0, 0.1) is 10.8 Å². The third-order valence-electron chi connectivity index (χ3n) is 4.61. The van der Waals surface area contributed by atoms with Crippen LogP contribution in [0.5, 0.6) is 0 Å². The molecule has 3 rings (SSSR count). The molecule has 0 aromatic rings. The molecule has 3 aliphatic rings. The topological polar surface area (TPSA) is 6.48 Å².